The summed E-state index contributed by atoms with van der Waals surface area (Å²) in [4.78, 5) is 2.36. The summed E-state index contributed by atoms with van der Waals surface area (Å²) in [6, 6.07) is 6.91. The van der Waals surface area contributed by atoms with E-state index >= 15 is 0 Å². The lowest BCUT2D eigenvalue weighted by Crippen LogP contribution is -2.25. The summed E-state index contributed by atoms with van der Waals surface area (Å²) in [5.41, 5.74) is 2.51. The fourth-order valence-corrected chi connectivity index (χ4v) is 2.35. The van der Waals surface area contributed by atoms with Crippen LogP contribution in [-0.4, -0.2) is 19.1 Å². The molecule has 0 heterocycles. The van der Waals surface area contributed by atoms with E-state index in [-0.39, 0.29) is 0 Å². The van der Waals surface area contributed by atoms with Crippen LogP contribution in [0.25, 0.3) is 0 Å². The Morgan fingerprint density at radius 1 is 1.29 bits per heavy atom. The van der Waals surface area contributed by atoms with Crippen molar-refractivity contribution >= 4 is 17.3 Å². The molecule has 1 aromatic rings. The molecule has 1 N–H and O–H groups in total. The molecule has 0 aromatic heterocycles. The van der Waals surface area contributed by atoms with Crippen LogP contribution >= 0.6 is 11.6 Å². The first kappa shape index (κ1) is 12.7. The van der Waals surface area contributed by atoms with Crippen molar-refractivity contribution in [3.8, 4) is 0 Å². The molecule has 0 bridgehead atoms. The van der Waals surface area contributed by atoms with Crippen molar-refractivity contribution in [2.45, 2.75) is 39.3 Å². The van der Waals surface area contributed by atoms with Crippen LogP contribution in [0.15, 0.2) is 18.2 Å². The molecule has 0 aliphatic heterocycles. The number of nitrogens with one attached hydrogen (secondary N) is 1. The van der Waals surface area contributed by atoms with Crippen LogP contribution in [0.2, 0.25) is 5.02 Å². The third-order valence-corrected chi connectivity index (χ3v) is 3.70. The Morgan fingerprint density at radius 2 is 2.00 bits per heavy atom. The van der Waals surface area contributed by atoms with E-state index in [1.54, 1.807) is 0 Å². The van der Waals surface area contributed by atoms with Gasteiger partial charge in [0.1, 0.15) is 0 Å². The van der Waals surface area contributed by atoms with Crippen molar-refractivity contribution in [2.24, 2.45) is 0 Å². The molecule has 2 nitrogen and oxygen atoms in total. The van der Waals surface area contributed by atoms with E-state index in [0.29, 0.717) is 0 Å². The maximum atomic E-state index is 6.32. The van der Waals surface area contributed by atoms with E-state index in [2.05, 4.69) is 30.1 Å². The lowest BCUT2D eigenvalue weighted by Gasteiger charge is -2.25. The minimum absolute atomic E-state index is 0.718. The second-order valence-electron chi connectivity index (χ2n) is 4.56. The van der Waals surface area contributed by atoms with Gasteiger partial charge in [-0.1, -0.05) is 17.7 Å². The number of nitrogens with zero attached hydrogens (tertiary/aromatic N) is 1. The first-order valence-electron chi connectivity index (χ1n) is 6.52. The van der Waals surface area contributed by atoms with Crippen molar-refractivity contribution in [1.82, 2.24) is 5.32 Å². The van der Waals surface area contributed by atoms with E-state index < -0.39 is 0 Å². The monoisotopic (exact) mass is 252 g/mol. The summed E-state index contributed by atoms with van der Waals surface area (Å²) in [5, 5.41) is 4.42. The fraction of sp³-hybridized carbons (Fsp3) is 0.571. The summed E-state index contributed by atoms with van der Waals surface area (Å²) in [6.07, 6.45) is 2.62. The van der Waals surface area contributed by atoms with E-state index in [1.165, 1.54) is 24.1 Å². The van der Waals surface area contributed by atoms with E-state index in [9.17, 15) is 0 Å². The molecule has 94 valence electrons. The van der Waals surface area contributed by atoms with Gasteiger partial charge in [-0.25, -0.2) is 0 Å². The lowest BCUT2D eigenvalue weighted by atomic mass is 10.1. The second-order valence-corrected chi connectivity index (χ2v) is 4.97. The zero-order chi connectivity index (χ0) is 12.3. The van der Waals surface area contributed by atoms with Gasteiger partial charge in [0.2, 0.25) is 0 Å². The summed E-state index contributed by atoms with van der Waals surface area (Å²) < 4.78 is 0. The summed E-state index contributed by atoms with van der Waals surface area (Å²) >= 11 is 6.32. The van der Waals surface area contributed by atoms with Gasteiger partial charge in [-0.2, -0.15) is 0 Å². The van der Waals surface area contributed by atoms with E-state index in [4.69, 9.17) is 11.6 Å². The molecule has 1 aliphatic carbocycles. The molecule has 0 unspecified atom stereocenters. The van der Waals surface area contributed by atoms with Crippen molar-refractivity contribution in [3.63, 3.8) is 0 Å². The molecule has 1 saturated carbocycles. The highest BCUT2D eigenvalue weighted by atomic mass is 35.5. The van der Waals surface area contributed by atoms with Crippen molar-refractivity contribution in [1.29, 1.82) is 0 Å². The topological polar surface area (TPSA) is 15.3 Å². The van der Waals surface area contributed by atoms with Gasteiger partial charge in [-0.15, -0.1) is 0 Å². The smallest absolute Gasteiger partial charge is 0.0471 e. The van der Waals surface area contributed by atoms with Crippen LogP contribution < -0.4 is 10.2 Å². The largest absolute Gasteiger partial charge is 0.372 e. The number of anilines is 1. The van der Waals surface area contributed by atoms with Crippen LogP contribution in [0.4, 0.5) is 5.69 Å². The van der Waals surface area contributed by atoms with Gasteiger partial charge in [-0.05, 0) is 38.8 Å². The molecule has 0 atom stereocenters. The lowest BCUT2D eigenvalue weighted by molar-refractivity contribution is 0.684. The molecule has 1 aliphatic rings. The highest BCUT2D eigenvalue weighted by Gasteiger charge is 2.21. The molecule has 3 heteroatoms. The Balaban J connectivity index is 2.19. The molecule has 0 amide bonds. The van der Waals surface area contributed by atoms with Crippen molar-refractivity contribution < 1.29 is 0 Å². The number of halogens is 1. The predicted molar refractivity (Wildman–Crippen MR) is 74.9 cm³/mol. The second kappa shape index (κ2) is 5.74. The summed E-state index contributed by atoms with van der Waals surface area (Å²) in [5.74, 6) is 0. The SMILES string of the molecule is CCN(CC)c1cccc(Cl)c1CNC1CC1. The molecule has 0 saturated heterocycles. The predicted octanol–water partition coefficient (Wildman–Crippen LogP) is 3.44. The van der Waals surface area contributed by atoms with Crippen LogP contribution in [0, 0.1) is 0 Å². The Labute approximate surface area is 109 Å². The van der Waals surface area contributed by atoms with Gasteiger partial charge in [0.15, 0.2) is 0 Å². The fourth-order valence-electron chi connectivity index (χ4n) is 2.12. The van der Waals surface area contributed by atoms with Gasteiger partial charge in [-0.3, -0.25) is 0 Å². The first-order valence-corrected chi connectivity index (χ1v) is 6.89. The van der Waals surface area contributed by atoms with Crippen LogP contribution in [-0.2, 0) is 6.54 Å². The standard InChI is InChI=1S/C14H21ClN2/c1-3-17(4-2)14-7-5-6-13(15)12(14)10-16-11-8-9-11/h5-7,11,16H,3-4,8-10H2,1-2H3. The molecule has 0 spiro atoms. The Kier molecular flexibility index (Phi) is 4.30. The maximum absolute atomic E-state index is 6.32. The van der Waals surface area contributed by atoms with Crippen LogP contribution in [0.5, 0.6) is 0 Å². The number of benzene rings is 1. The Hall–Kier alpha value is -0.730. The summed E-state index contributed by atoms with van der Waals surface area (Å²) in [7, 11) is 0. The molecule has 17 heavy (non-hydrogen) atoms. The van der Waals surface area contributed by atoms with E-state index in [0.717, 1.165) is 30.7 Å². The molecule has 1 aromatic carbocycles. The van der Waals surface area contributed by atoms with Crippen molar-refractivity contribution in [2.75, 3.05) is 18.0 Å². The van der Waals surface area contributed by atoms with Gasteiger partial charge in [0.05, 0.1) is 0 Å². The van der Waals surface area contributed by atoms with Crippen molar-refractivity contribution in [3.05, 3.63) is 28.8 Å². The Bertz CT molecular complexity index is 370. The average Bonchev–Trinajstić information content (AvgIpc) is 3.14. The minimum atomic E-state index is 0.718. The molecule has 2 rings (SSSR count). The van der Waals surface area contributed by atoms with Gasteiger partial charge >= 0.3 is 0 Å². The molecule has 1 fully saturated rings. The number of hydrogen-bond acceptors (Lipinski definition) is 2. The quantitative estimate of drug-likeness (QED) is 0.835. The highest BCUT2D eigenvalue weighted by molar-refractivity contribution is 6.31. The zero-order valence-electron chi connectivity index (χ0n) is 10.7. The number of hydrogen-bond donors (Lipinski definition) is 1. The van der Waals surface area contributed by atoms with Gasteiger partial charge < -0.3 is 10.2 Å². The van der Waals surface area contributed by atoms with E-state index in [1.807, 2.05) is 12.1 Å². The molecule has 0 radical (unpaired) electrons. The maximum Gasteiger partial charge on any atom is 0.0471 e. The first-order chi connectivity index (χ1) is 8.26. The third-order valence-electron chi connectivity index (χ3n) is 3.34. The molecular weight excluding hydrogens is 232 g/mol. The van der Waals surface area contributed by atoms with Crippen LogP contribution in [0.3, 0.4) is 0 Å². The average molecular weight is 253 g/mol. The van der Waals surface area contributed by atoms with Gasteiger partial charge in [0.25, 0.3) is 0 Å². The minimum Gasteiger partial charge on any atom is -0.372 e. The van der Waals surface area contributed by atoms with Gasteiger partial charge in [0, 0.05) is 41.9 Å². The summed E-state index contributed by atoms with van der Waals surface area (Å²) in [6.45, 7) is 7.29. The zero-order valence-corrected chi connectivity index (χ0v) is 11.4. The van der Waals surface area contributed by atoms with Crippen LogP contribution in [0.1, 0.15) is 32.3 Å². The number of rotatable bonds is 6. The highest BCUT2D eigenvalue weighted by Crippen LogP contribution is 2.29. The third kappa shape index (κ3) is 3.14. The normalized spacial score (nSPS) is 15.0. The molecular formula is C14H21ClN2. The Morgan fingerprint density at radius 3 is 2.59 bits per heavy atom.